The Hall–Kier alpha value is -3.33. The molecule has 2 aromatic carbocycles. The Bertz CT molecular complexity index is 1260. The zero-order valence-electron chi connectivity index (χ0n) is 15.6. The van der Waals surface area contributed by atoms with E-state index in [1.807, 2.05) is 0 Å². The highest BCUT2D eigenvalue weighted by atomic mass is 32.2. The third-order valence-electron chi connectivity index (χ3n) is 4.61. The van der Waals surface area contributed by atoms with Gasteiger partial charge >= 0.3 is 11.9 Å². The Morgan fingerprint density at radius 3 is 2.76 bits per heavy atom. The Morgan fingerprint density at radius 1 is 1.21 bits per heavy atom. The van der Waals surface area contributed by atoms with E-state index in [0.29, 0.717) is 33.3 Å². The predicted molar refractivity (Wildman–Crippen MR) is 103 cm³/mol. The Labute approximate surface area is 166 Å². The van der Waals surface area contributed by atoms with Crippen molar-refractivity contribution >= 4 is 38.6 Å². The van der Waals surface area contributed by atoms with E-state index < -0.39 is 22.0 Å². The Balaban J connectivity index is 1.67. The number of aryl methyl sites for hydroxylation is 1. The molecule has 0 spiro atoms. The fourth-order valence-electron chi connectivity index (χ4n) is 3.17. The van der Waals surface area contributed by atoms with Gasteiger partial charge in [0.05, 0.1) is 17.1 Å². The van der Waals surface area contributed by atoms with Crippen molar-refractivity contribution < 1.29 is 31.9 Å². The van der Waals surface area contributed by atoms with Crippen LogP contribution in [-0.2, 0) is 26.1 Å². The number of fused-ring (bicyclic) bond motifs is 2. The maximum Gasteiger partial charge on any atom is 0.374 e. The lowest BCUT2D eigenvalue weighted by molar-refractivity contribution is 0.0490. The van der Waals surface area contributed by atoms with E-state index in [-0.39, 0.29) is 23.9 Å². The number of cyclic esters (lactones) is 1. The largest absolute Gasteiger partial charge is 0.460 e. The topological polar surface area (TPSA) is 112 Å². The summed E-state index contributed by atoms with van der Waals surface area (Å²) < 4.78 is 43.6. The van der Waals surface area contributed by atoms with Gasteiger partial charge in [-0.2, -0.15) is 0 Å². The van der Waals surface area contributed by atoms with Crippen molar-refractivity contribution in [3.8, 4) is 0 Å². The minimum Gasteiger partial charge on any atom is -0.460 e. The number of furan rings is 1. The van der Waals surface area contributed by atoms with Crippen molar-refractivity contribution in [1.82, 2.24) is 0 Å². The SMILES string of the molecule is CCOC(=O)c1oc2ccc(S(=O)(=O)Nc3ccc4c(c3)COC4=O)cc2c1C. The van der Waals surface area contributed by atoms with E-state index in [4.69, 9.17) is 13.9 Å². The molecule has 0 bridgehead atoms. The first kappa shape index (κ1) is 19.0. The summed E-state index contributed by atoms with van der Waals surface area (Å²) >= 11 is 0. The highest BCUT2D eigenvalue weighted by molar-refractivity contribution is 7.92. The first-order valence-corrected chi connectivity index (χ1v) is 10.3. The van der Waals surface area contributed by atoms with Crippen molar-refractivity contribution in [2.24, 2.45) is 0 Å². The van der Waals surface area contributed by atoms with Crippen LogP contribution in [0.4, 0.5) is 5.69 Å². The van der Waals surface area contributed by atoms with Crippen LogP contribution < -0.4 is 4.72 Å². The quantitative estimate of drug-likeness (QED) is 0.636. The van der Waals surface area contributed by atoms with Crippen LogP contribution in [0.25, 0.3) is 11.0 Å². The van der Waals surface area contributed by atoms with Gasteiger partial charge in [0.2, 0.25) is 5.76 Å². The molecule has 1 aromatic heterocycles. The second-order valence-corrected chi connectivity index (χ2v) is 8.17. The fourth-order valence-corrected chi connectivity index (χ4v) is 4.24. The number of sulfonamides is 1. The van der Waals surface area contributed by atoms with Gasteiger partial charge in [-0.25, -0.2) is 18.0 Å². The third kappa shape index (κ3) is 3.33. The van der Waals surface area contributed by atoms with Gasteiger partial charge < -0.3 is 13.9 Å². The van der Waals surface area contributed by atoms with Crippen LogP contribution in [-0.4, -0.2) is 27.0 Å². The number of hydrogen-bond acceptors (Lipinski definition) is 7. The van der Waals surface area contributed by atoms with Gasteiger partial charge in [-0.15, -0.1) is 0 Å². The molecule has 9 heteroatoms. The molecule has 1 aliphatic heterocycles. The summed E-state index contributed by atoms with van der Waals surface area (Å²) in [5.41, 5.74) is 2.25. The second kappa shape index (κ2) is 6.93. The van der Waals surface area contributed by atoms with Gasteiger partial charge in [-0.05, 0) is 50.2 Å². The van der Waals surface area contributed by atoms with Gasteiger partial charge in [0, 0.05) is 22.2 Å². The molecule has 29 heavy (non-hydrogen) atoms. The van der Waals surface area contributed by atoms with Crippen molar-refractivity contribution in [2.75, 3.05) is 11.3 Å². The van der Waals surface area contributed by atoms with E-state index in [1.54, 1.807) is 19.9 Å². The molecule has 0 aliphatic carbocycles. The lowest BCUT2D eigenvalue weighted by atomic mass is 10.1. The number of benzene rings is 2. The first-order valence-electron chi connectivity index (χ1n) is 8.83. The maximum absolute atomic E-state index is 12.8. The summed E-state index contributed by atoms with van der Waals surface area (Å²) in [6.45, 7) is 3.67. The monoisotopic (exact) mass is 415 g/mol. The summed E-state index contributed by atoms with van der Waals surface area (Å²) in [5.74, 6) is -0.973. The van der Waals surface area contributed by atoms with Crippen molar-refractivity contribution in [1.29, 1.82) is 0 Å². The van der Waals surface area contributed by atoms with E-state index >= 15 is 0 Å². The second-order valence-electron chi connectivity index (χ2n) is 6.49. The zero-order chi connectivity index (χ0) is 20.8. The van der Waals surface area contributed by atoms with Crippen molar-refractivity contribution in [3.63, 3.8) is 0 Å². The summed E-state index contributed by atoms with van der Waals surface area (Å²) in [7, 11) is -3.91. The summed E-state index contributed by atoms with van der Waals surface area (Å²) in [6, 6.07) is 8.93. The number of carbonyl (C=O) groups excluding carboxylic acids is 2. The molecule has 8 nitrogen and oxygen atoms in total. The van der Waals surface area contributed by atoms with E-state index in [9.17, 15) is 18.0 Å². The van der Waals surface area contributed by atoms with Gasteiger partial charge in [0.15, 0.2) is 0 Å². The number of anilines is 1. The maximum atomic E-state index is 12.8. The molecule has 0 saturated heterocycles. The van der Waals surface area contributed by atoms with Gasteiger partial charge in [-0.1, -0.05) is 0 Å². The highest BCUT2D eigenvalue weighted by Crippen LogP contribution is 2.30. The lowest BCUT2D eigenvalue weighted by Gasteiger charge is -2.09. The van der Waals surface area contributed by atoms with E-state index in [0.717, 1.165) is 0 Å². The van der Waals surface area contributed by atoms with Crippen LogP contribution in [0.15, 0.2) is 45.7 Å². The molecular weight excluding hydrogens is 398 g/mol. The molecule has 0 radical (unpaired) electrons. The molecule has 1 N–H and O–H groups in total. The predicted octanol–water partition coefficient (Wildman–Crippen LogP) is 3.39. The van der Waals surface area contributed by atoms with Gasteiger partial charge in [0.25, 0.3) is 10.0 Å². The molecule has 4 rings (SSSR count). The molecule has 150 valence electrons. The third-order valence-corrected chi connectivity index (χ3v) is 5.99. The number of carbonyl (C=O) groups is 2. The van der Waals surface area contributed by atoms with Crippen LogP contribution in [0.1, 0.15) is 39.0 Å². The van der Waals surface area contributed by atoms with Crippen LogP contribution >= 0.6 is 0 Å². The van der Waals surface area contributed by atoms with Gasteiger partial charge in [0.1, 0.15) is 12.2 Å². The number of ether oxygens (including phenoxy) is 2. The molecule has 2 heterocycles. The normalized spacial score (nSPS) is 13.2. The lowest BCUT2D eigenvalue weighted by Crippen LogP contribution is -2.13. The fraction of sp³-hybridized carbons (Fsp3) is 0.200. The van der Waals surface area contributed by atoms with Crippen LogP contribution in [0.2, 0.25) is 0 Å². The molecular formula is C20H17NO7S. The molecule has 0 atom stereocenters. The zero-order valence-corrected chi connectivity index (χ0v) is 16.5. The minimum atomic E-state index is -3.91. The number of rotatable bonds is 5. The molecule has 3 aromatic rings. The molecule has 0 amide bonds. The highest BCUT2D eigenvalue weighted by Gasteiger charge is 2.24. The Kier molecular flexibility index (Phi) is 4.54. The van der Waals surface area contributed by atoms with Crippen LogP contribution in [0.3, 0.4) is 0 Å². The average molecular weight is 415 g/mol. The van der Waals surface area contributed by atoms with Crippen molar-refractivity contribution in [3.05, 3.63) is 58.8 Å². The molecule has 0 saturated carbocycles. The van der Waals surface area contributed by atoms with E-state index in [1.165, 1.54) is 30.3 Å². The number of nitrogens with one attached hydrogen (secondary N) is 1. The first-order chi connectivity index (χ1) is 13.8. The molecule has 0 unspecified atom stereocenters. The summed E-state index contributed by atoms with van der Waals surface area (Å²) in [5, 5.41) is 0.504. The van der Waals surface area contributed by atoms with Crippen LogP contribution in [0, 0.1) is 6.92 Å². The summed E-state index contributed by atoms with van der Waals surface area (Å²) in [4.78, 5) is 23.5. The smallest absolute Gasteiger partial charge is 0.374 e. The number of esters is 2. The molecule has 1 aliphatic rings. The summed E-state index contributed by atoms with van der Waals surface area (Å²) in [6.07, 6.45) is 0. The minimum absolute atomic E-state index is 0.0112. The van der Waals surface area contributed by atoms with Crippen LogP contribution in [0.5, 0.6) is 0 Å². The molecule has 0 fully saturated rings. The average Bonchev–Trinajstić information content (AvgIpc) is 3.21. The standard InChI is InChI=1S/C20H17NO7S/c1-3-26-20(23)18-11(2)16-9-14(5-7-17(16)28-18)29(24,25)21-13-4-6-15-12(8-13)10-27-19(15)22/h4-9,21H,3,10H2,1-2H3. The van der Waals surface area contributed by atoms with E-state index in [2.05, 4.69) is 4.72 Å². The van der Waals surface area contributed by atoms with Gasteiger partial charge in [-0.3, -0.25) is 4.72 Å². The number of hydrogen-bond donors (Lipinski definition) is 1. The Morgan fingerprint density at radius 2 is 2.00 bits per heavy atom. The van der Waals surface area contributed by atoms with Crippen molar-refractivity contribution in [2.45, 2.75) is 25.3 Å².